The van der Waals surface area contributed by atoms with E-state index in [4.69, 9.17) is 0 Å². The van der Waals surface area contributed by atoms with Crippen molar-refractivity contribution in [2.75, 3.05) is 11.9 Å². The van der Waals surface area contributed by atoms with Gasteiger partial charge in [-0.25, -0.2) is 0 Å². The Morgan fingerprint density at radius 1 is 1.37 bits per heavy atom. The maximum absolute atomic E-state index is 11.7. The number of Topliss-reactive ketones (excluding diaryl/α,β-unsaturated/α-hetero) is 1. The summed E-state index contributed by atoms with van der Waals surface area (Å²) in [5.41, 5.74) is 1.20. The minimum atomic E-state index is -0.466. The molecular weight excluding hydrogens is 244 g/mol. The number of anilines is 1. The van der Waals surface area contributed by atoms with E-state index in [0.717, 1.165) is 18.5 Å². The van der Waals surface area contributed by atoms with Crippen LogP contribution in [0.5, 0.6) is 0 Å². The van der Waals surface area contributed by atoms with E-state index in [2.05, 4.69) is 4.90 Å². The van der Waals surface area contributed by atoms with Gasteiger partial charge in [-0.15, -0.1) is 0 Å². The summed E-state index contributed by atoms with van der Waals surface area (Å²) in [4.78, 5) is 24.1. The number of hydrogen-bond donors (Lipinski definition) is 0. The molecule has 0 saturated heterocycles. The van der Waals surface area contributed by atoms with Crippen LogP contribution >= 0.6 is 0 Å². The Balaban J connectivity index is 2.38. The summed E-state index contributed by atoms with van der Waals surface area (Å²) in [6.07, 6.45) is 4.64. The minimum absolute atomic E-state index is 0.0335. The predicted molar refractivity (Wildman–Crippen MR) is 73.8 cm³/mol. The highest BCUT2D eigenvalue weighted by Crippen LogP contribution is 2.31. The van der Waals surface area contributed by atoms with E-state index in [-0.39, 0.29) is 11.5 Å². The van der Waals surface area contributed by atoms with Crippen molar-refractivity contribution in [3.63, 3.8) is 0 Å². The highest BCUT2D eigenvalue weighted by atomic mass is 16.6. The van der Waals surface area contributed by atoms with Crippen LogP contribution in [0.3, 0.4) is 0 Å². The summed E-state index contributed by atoms with van der Waals surface area (Å²) in [5, 5.41) is 10.8. The van der Waals surface area contributed by atoms with Gasteiger partial charge in [0.05, 0.1) is 4.92 Å². The van der Waals surface area contributed by atoms with Crippen molar-refractivity contribution in [3.8, 4) is 0 Å². The fourth-order valence-corrected chi connectivity index (χ4v) is 2.72. The Bertz CT molecular complexity index is 507. The average Bonchev–Trinajstić information content (AvgIpc) is 2.90. The van der Waals surface area contributed by atoms with Gasteiger partial charge in [-0.3, -0.25) is 14.9 Å². The standard InChI is InChI=1S/C14H18N2O3/c1-10(17)13-9-12(16(18)19)7-8-14(13)15(2)11-5-3-4-6-11/h7-9,11H,3-6H2,1-2H3. The summed E-state index contributed by atoms with van der Waals surface area (Å²) in [5.74, 6) is -0.136. The van der Waals surface area contributed by atoms with Gasteiger partial charge in [0.1, 0.15) is 0 Å². The molecular formula is C14H18N2O3. The lowest BCUT2D eigenvalue weighted by molar-refractivity contribution is -0.384. The molecule has 0 bridgehead atoms. The molecule has 1 fully saturated rings. The Morgan fingerprint density at radius 3 is 2.53 bits per heavy atom. The molecule has 1 saturated carbocycles. The molecule has 0 heterocycles. The van der Waals surface area contributed by atoms with Crippen LogP contribution in [0.25, 0.3) is 0 Å². The van der Waals surface area contributed by atoms with Gasteiger partial charge in [0.25, 0.3) is 5.69 Å². The maximum Gasteiger partial charge on any atom is 0.270 e. The summed E-state index contributed by atoms with van der Waals surface area (Å²) < 4.78 is 0. The van der Waals surface area contributed by atoms with E-state index < -0.39 is 4.92 Å². The zero-order valence-electron chi connectivity index (χ0n) is 11.3. The smallest absolute Gasteiger partial charge is 0.270 e. The summed E-state index contributed by atoms with van der Waals surface area (Å²) in [7, 11) is 1.96. The van der Waals surface area contributed by atoms with E-state index in [1.807, 2.05) is 7.05 Å². The van der Waals surface area contributed by atoms with Gasteiger partial charge in [0, 0.05) is 36.5 Å². The summed E-state index contributed by atoms with van der Waals surface area (Å²) in [6, 6.07) is 4.96. The SMILES string of the molecule is CC(=O)c1cc([N+](=O)[O-])ccc1N(C)C1CCCC1. The van der Waals surface area contributed by atoms with Crippen LogP contribution in [0.4, 0.5) is 11.4 Å². The number of nitro groups is 1. The molecule has 5 nitrogen and oxygen atoms in total. The summed E-state index contributed by atoms with van der Waals surface area (Å²) >= 11 is 0. The third kappa shape index (κ3) is 2.75. The Kier molecular flexibility index (Phi) is 3.83. The molecule has 2 rings (SSSR count). The van der Waals surface area contributed by atoms with Crippen LogP contribution in [0, 0.1) is 10.1 Å². The van der Waals surface area contributed by atoms with E-state index in [1.54, 1.807) is 6.07 Å². The monoisotopic (exact) mass is 262 g/mol. The maximum atomic E-state index is 11.7. The lowest BCUT2D eigenvalue weighted by Crippen LogP contribution is -2.30. The zero-order valence-corrected chi connectivity index (χ0v) is 11.3. The highest BCUT2D eigenvalue weighted by Gasteiger charge is 2.23. The Morgan fingerprint density at radius 2 is 2.00 bits per heavy atom. The van der Waals surface area contributed by atoms with E-state index in [1.165, 1.54) is 31.9 Å². The van der Waals surface area contributed by atoms with Gasteiger partial charge in [-0.1, -0.05) is 12.8 Å². The van der Waals surface area contributed by atoms with Crippen LogP contribution < -0.4 is 4.90 Å². The van der Waals surface area contributed by atoms with Crippen molar-refractivity contribution in [1.82, 2.24) is 0 Å². The molecule has 1 aliphatic carbocycles. The van der Waals surface area contributed by atoms with Gasteiger partial charge in [0.15, 0.2) is 5.78 Å². The van der Waals surface area contributed by atoms with Crippen molar-refractivity contribution in [2.24, 2.45) is 0 Å². The first-order chi connectivity index (χ1) is 9.00. The van der Waals surface area contributed by atoms with Crippen molar-refractivity contribution in [1.29, 1.82) is 0 Å². The van der Waals surface area contributed by atoms with Crippen LogP contribution in [0.1, 0.15) is 43.0 Å². The van der Waals surface area contributed by atoms with Crippen LogP contribution in [0.15, 0.2) is 18.2 Å². The lowest BCUT2D eigenvalue weighted by atomic mass is 10.1. The molecule has 0 aliphatic heterocycles. The summed E-state index contributed by atoms with van der Waals surface area (Å²) in [6.45, 7) is 1.45. The van der Waals surface area contributed by atoms with Crippen LogP contribution in [-0.2, 0) is 0 Å². The highest BCUT2D eigenvalue weighted by molar-refractivity contribution is 6.00. The zero-order chi connectivity index (χ0) is 14.0. The van der Waals surface area contributed by atoms with Gasteiger partial charge in [-0.2, -0.15) is 0 Å². The first-order valence-electron chi connectivity index (χ1n) is 6.53. The lowest BCUT2D eigenvalue weighted by Gasteiger charge is -2.28. The Labute approximate surface area is 112 Å². The first-order valence-corrected chi connectivity index (χ1v) is 6.53. The molecule has 1 aliphatic rings. The van der Waals surface area contributed by atoms with Crippen molar-refractivity contribution < 1.29 is 9.72 Å². The van der Waals surface area contributed by atoms with Crippen LogP contribution in [-0.4, -0.2) is 23.8 Å². The molecule has 0 aromatic heterocycles. The molecule has 0 unspecified atom stereocenters. The van der Waals surface area contributed by atoms with Crippen molar-refractivity contribution in [2.45, 2.75) is 38.6 Å². The van der Waals surface area contributed by atoms with Crippen molar-refractivity contribution >= 4 is 17.2 Å². The second kappa shape index (κ2) is 5.38. The third-order valence-corrected chi connectivity index (χ3v) is 3.82. The third-order valence-electron chi connectivity index (χ3n) is 3.82. The number of carbonyl (C=O) groups is 1. The fourth-order valence-electron chi connectivity index (χ4n) is 2.72. The van der Waals surface area contributed by atoms with Gasteiger partial charge >= 0.3 is 0 Å². The van der Waals surface area contributed by atoms with Gasteiger partial charge in [-0.05, 0) is 25.8 Å². The van der Waals surface area contributed by atoms with Gasteiger partial charge in [0.2, 0.25) is 0 Å². The molecule has 0 amide bonds. The normalized spacial score (nSPS) is 15.5. The second-order valence-corrected chi connectivity index (χ2v) is 5.06. The predicted octanol–water partition coefficient (Wildman–Crippen LogP) is 3.18. The molecule has 5 heteroatoms. The van der Waals surface area contributed by atoms with E-state index >= 15 is 0 Å². The molecule has 0 radical (unpaired) electrons. The second-order valence-electron chi connectivity index (χ2n) is 5.06. The molecule has 0 atom stereocenters. The fraction of sp³-hybridized carbons (Fsp3) is 0.500. The number of carbonyl (C=O) groups excluding carboxylic acids is 1. The number of nitro benzene ring substituents is 1. The first kappa shape index (κ1) is 13.5. The number of nitrogens with zero attached hydrogens (tertiary/aromatic N) is 2. The number of ketones is 1. The number of non-ortho nitro benzene ring substituents is 1. The van der Waals surface area contributed by atoms with E-state index in [9.17, 15) is 14.9 Å². The van der Waals surface area contributed by atoms with E-state index in [0.29, 0.717) is 11.6 Å². The molecule has 1 aromatic rings. The largest absolute Gasteiger partial charge is 0.371 e. The molecule has 1 aromatic carbocycles. The quantitative estimate of drug-likeness (QED) is 0.475. The minimum Gasteiger partial charge on any atom is -0.371 e. The molecule has 102 valence electrons. The van der Waals surface area contributed by atoms with Crippen molar-refractivity contribution in [3.05, 3.63) is 33.9 Å². The van der Waals surface area contributed by atoms with Gasteiger partial charge < -0.3 is 4.90 Å². The Hall–Kier alpha value is -1.91. The molecule has 19 heavy (non-hydrogen) atoms. The van der Waals surface area contributed by atoms with Crippen LogP contribution in [0.2, 0.25) is 0 Å². The average molecular weight is 262 g/mol. The number of hydrogen-bond acceptors (Lipinski definition) is 4. The number of benzene rings is 1. The molecule has 0 N–H and O–H groups in total. The molecule has 0 spiro atoms. The topological polar surface area (TPSA) is 63.4 Å². The number of rotatable bonds is 4.